The fourth-order valence-corrected chi connectivity index (χ4v) is 10.1. The molecule has 0 bridgehead atoms. The van der Waals surface area contributed by atoms with Crippen molar-refractivity contribution in [3.05, 3.63) is 218 Å². The smallest absolute Gasteiger partial charge is 0.166 e. The summed E-state index contributed by atoms with van der Waals surface area (Å²) in [7, 11) is 0. The zero-order valence-corrected chi connectivity index (χ0v) is 34.3. The van der Waals surface area contributed by atoms with Gasteiger partial charge in [-0.15, -0.1) is 11.3 Å². The Morgan fingerprint density at radius 3 is 1.63 bits per heavy atom. The van der Waals surface area contributed by atoms with Gasteiger partial charge in [0.05, 0.1) is 16.7 Å². The Balaban J connectivity index is 1.10. The van der Waals surface area contributed by atoms with Gasteiger partial charge in [-0.3, -0.25) is 0 Å². The minimum atomic E-state index is 0.602. The van der Waals surface area contributed by atoms with Crippen molar-refractivity contribution in [1.82, 2.24) is 19.5 Å². The second kappa shape index (κ2) is 14.9. The maximum absolute atomic E-state index is 5.40. The Morgan fingerprint density at radius 1 is 0.306 bits per heavy atom. The minimum absolute atomic E-state index is 0.602. The Morgan fingerprint density at radius 2 is 0.855 bits per heavy atom. The molecule has 0 aliphatic carbocycles. The number of aromatic nitrogens is 4. The average Bonchev–Trinajstić information content (AvgIpc) is 3.90. The van der Waals surface area contributed by atoms with Gasteiger partial charge in [-0.2, -0.15) is 0 Å². The lowest BCUT2D eigenvalue weighted by atomic mass is 10.00. The van der Waals surface area contributed by atoms with Gasteiger partial charge in [0, 0.05) is 47.6 Å². The number of fused-ring (bicyclic) bond motifs is 6. The monoisotopic (exact) mass is 808 g/mol. The van der Waals surface area contributed by atoms with Gasteiger partial charge in [-0.05, 0) is 69.8 Å². The summed E-state index contributed by atoms with van der Waals surface area (Å²) in [5.41, 5.74) is 12.9. The molecule has 5 heteroatoms. The molecule has 3 aromatic heterocycles. The van der Waals surface area contributed by atoms with Crippen LogP contribution < -0.4 is 0 Å². The first-order valence-corrected chi connectivity index (χ1v) is 21.7. The lowest BCUT2D eigenvalue weighted by Crippen LogP contribution is -2.04. The van der Waals surface area contributed by atoms with Gasteiger partial charge < -0.3 is 4.57 Å². The standard InChI is InChI=1S/C57H36N4S/c1-4-16-37(17-5-1)40-30-32-46-45-24-10-12-28-50(45)61(51(46)35-40)52-36-41(38-18-6-2-7-19-38)31-33-49(52)57-59-55(39-20-8-3-9-21-39)58-56(60-57)43-23-14-22-42(34-43)44-26-15-27-48-47-25-11-13-29-53(47)62-54(44)48/h1-36H. The summed E-state index contributed by atoms with van der Waals surface area (Å²) in [4.78, 5) is 15.9. The van der Waals surface area contributed by atoms with Crippen molar-refractivity contribution in [2.45, 2.75) is 0 Å². The largest absolute Gasteiger partial charge is 0.308 e. The van der Waals surface area contributed by atoms with Gasteiger partial charge >= 0.3 is 0 Å². The van der Waals surface area contributed by atoms with Gasteiger partial charge in [0.2, 0.25) is 0 Å². The van der Waals surface area contributed by atoms with Crippen LogP contribution >= 0.6 is 11.3 Å². The van der Waals surface area contributed by atoms with Crippen LogP contribution in [0.1, 0.15) is 0 Å². The lowest BCUT2D eigenvalue weighted by molar-refractivity contribution is 1.06. The number of nitrogens with zero attached hydrogens (tertiary/aromatic N) is 4. The molecule has 0 saturated carbocycles. The molecule has 4 nitrogen and oxygen atoms in total. The molecule has 0 fully saturated rings. The molecule has 12 aromatic rings. The fourth-order valence-electron chi connectivity index (χ4n) is 8.90. The van der Waals surface area contributed by atoms with Crippen molar-refractivity contribution in [3.63, 3.8) is 0 Å². The summed E-state index contributed by atoms with van der Waals surface area (Å²) in [5, 5.41) is 4.93. The van der Waals surface area contributed by atoms with Crippen molar-refractivity contribution in [2.24, 2.45) is 0 Å². The zero-order chi connectivity index (χ0) is 41.0. The molecular weight excluding hydrogens is 773 g/mol. The molecule has 290 valence electrons. The molecule has 0 atom stereocenters. The van der Waals surface area contributed by atoms with E-state index >= 15 is 0 Å². The van der Waals surface area contributed by atoms with E-state index in [1.54, 1.807) is 0 Å². The van der Waals surface area contributed by atoms with Gasteiger partial charge in [0.25, 0.3) is 0 Å². The van der Waals surface area contributed by atoms with Crippen molar-refractivity contribution in [3.8, 4) is 73.2 Å². The summed E-state index contributed by atoms with van der Waals surface area (Å²) in [6.07, 6.45) is 0. The van der Waals surface area contributed by atoms with Gasteiger partial charge in [0.15, 0.2) is 17.5 Å². The highest BCUT2D eigenvalue weighted by Gasteiger charge is 2.21. The number of thiophene rings is 1. The highest BCUT2D eigenvalue weighted by Crippen LogP contribution is 2.42. The van der Waals surface area contributed by atoms with E-state index in [4.69, 9.17) is 15.0 Å². The molecule has 0 amide bonds. The molecule has 0 aliphatic heterocycles. The van der Waals surface area contributed by atoms with E-state index in [0.717, 1.165) is 55.7 Å². The summed E-state index contributed by atoms with van der Waals surface area (Å²) in [6.45, 7) is 0. The summed E-state index contributed by atoms with van der Waals surface area (Å²) in [6, 6.07) is 77.5. The highest BCUT2D eigenvalue weighted by atomic mass is 32.1. The third-order valence-corrected chi connectivity index (χ3v) is 13.1. The van der Waals surface area contributed by atoms with Crippen molar-refractivity contribution in [2.75, 3.05) is 0 Å². The first kappa shape index (κ1) is 35.9. The topological polar surface area (TPSA) is 43.6 Å². The predicted octanol–water partition coefficient (Wildman–Crippen LogP) is 15.3. The van der Waals surface area contributed by atoms with Crippen LogP contribution in [-0.4, -0.2) is 19.5 Å². The van der Waals surface area contributed by atoms with Crippen LogP contribution in [0.2, 0.25) is 0 Å². The normalized spacial score (nSPS) is 11.5. The Hall–Kier alpha value is -7.99. The van der Waals surface area contributed by atoms with Crippen molar-refractivity contribution < 1.29 is 0 Å². The molecule has 62 heavy (non-hydrogen) atoms. The molecule has 12 rings (SSSR count). The first-order chi connectivity index (χ1) is 30.7. The molecule has 0 spiro atoms. The van der Waals surface area contributed by atoms with Crippen LogP contribution in [0.25, 0.3) is 115 Å². The van der Waals surface area contributed by atoms with Crippen LogP contribution in [0.4, 0.5) is 0 Å². The van der Waals surface area contributed by atoms with Crippen LogP contribution in [0.3, 0.4) is 0 Å². The molecule has 0 unspecified atom stereocenters. The molecule has 9 aromatic carbocycles. The van der Waals surface area contributed by atoms with Crippen molar-refractivity contribution in [1.29, 1.82) is 0 Å². The number of hydrogen-bond acceptors (Lipinski definition) is 4. The van der Waals surface area contributed by atoms with E-state index < -0.39 is 0 Å². The molecule has 3 heterocycles. The summed E-state index contributed by atoms with van der Waals surface area (Å²) < 4.78 is 4.96. The first-order valence-electron chi connectivity index (χ1n) is 20.8. The molecule has 0 N–H and O–H groups in total. The lowest BCUT2D eigenvalue weighted by Gasteiger charge is -2.17. The van der Waals surface area contributed by atoms with E-state index in [-0.39, 0.29) is 0 Å². The average molecular weight is 809 g/mol. The van der Waals surface area contributed by atoms with Crippen LogP contribution in [-0.2, 0) is 0 Å². The maximum atomic E-state index is 5.40. The molecule has 0 radical (unpaired) electrons. The third-order valence-electron chi connectivity index (χ3n) is 11.9. The number of benzene rings is 9. The van der Waals surface area contributed by atoms with Gasteiger partial charge in [-0.25, -0.2) is 15.0 Å². The van der Waals surface area contributed by atoms with Gasteiger partial charge in [0.1, 0.15) is 0 Å². The van der Waals surface area contributed by atoms with Crippen LogP contribution in [0.15, 0.2) is 218 Å². The second-order valence-corrected chi connectivity index (χ2v) is 16.6. The number of para-hydroxylation sites is 1. The third kappa shape index (κ3) is 6.18. The van der Waals surface area contributed by atoms with E-state index in [9.17, 15) is 0 Å². The zero-order valence-electron chi connectivity index (χ0n) is 33.5. The second-order valence-electron chi connectivity index (χ2n) is 15.6. The number of hydrogen-bond donors (Lipinski definition) is 0. The van der Waals surface area contributed by atoms with Crippen LogP contribution in [0.5, 0.6) is 0 Å². The van der Waals surface area contributed by atoms with E-state index in [0.29, 0.717) is 17.5 Å². The number of rotatable bonds is 7. The summed E-state index contributed by atoms with van der Waals surface area (Å²) in [5.74, 6) is 1.84. The highest BCUT2D eigenvalue weighted by molar-refractivity contribution is 7.26. The predicted molar refractivity (Wildman–Crippen MR) is 260 cm³/mol. The molecule has 0 aliphatic rings. The SMILES string of the molecule is c1ccc(-c2ccc(-c3nc(-c4ccccc4)nc(-c4cccc(-c5cccc6c5sc5ccccc56)c4)n3)c(-n3c4ccccc4c4ccc(-c5ccccc5)cc43)c2)cc1. The Kier molecular flexibility index (Phi) is 8.65. The van der Waals surface area contributed by atoms with E-state index in [1.807, 2.05) is 29.5 Å². The minimum Gasteiger partial charge on any atom is -0.308 e. The fraction of sp³-hybridized carbons (Fsp3) is 0. The Labute approximate surface area is 362 Å². The van der Waals surface area contributed by atoms with Crippen LogP contribution in [0, 0.1) is 0 Å². The Bertz CT molecular complexity index is 3630. The van der Waals surface area contributed by atoms with Crippen molar-refractivity contribution >= 4 is 53.3 Å². The van der Waals surface area contributed by atoms with E-state index in [2.05, 4.69) is 205 Å². The quantitative estimate of drug-likeness (QED) is 0.161. The van der Waals surface area contributed by atoms with Gasteiger partial charge in [-0.1, -0.05) is 182 Å². The maximum Gasteiger partial charge on any atom is 0.166 e. The summed E-state index contributed by atoms with van der Waals surface area (Å²) >= 11 is 1.84. The van der Waals surface area contributed by atoms with E-state index in [1.165, 1.54) is 42.1 Å². The molecular formula is C57H36N4S. The molecule has 0 saturated heterocycles.